The predicted molar refractivity (Wildman–Crippen MR) is 64.5 cm³/mol. The van der Waals surface area contributed by atoms with Crippen molar-refractivity contribution in [2.45, 2.75) is 39.2 Å². The van der Waals surface area contributed by atoms with Gasteiger partial charge in [0.25, 0.3) is 5.91 Å². The Kier molecular flexibility index (Phi) is 3.41. The van der Waals surface area contributed by atoms with Crippen LogP contribution in [-0.2, 0) is 4.79 Å². The van der Waals surface area contributed by atoms with E-state index in [1.54, 1.807) is 11.8 Å². The van der Waals surface area contributed by atoms with Gasteiger partial charge in [0.1, 0.15) is 5.76 Å². The number of furan rings is 1. The van der Waals surface area contributed by atoms with E-state index in [2.05, 4.69) is 0 Å². The number of rotatable bonds is 3. The predicted octanol–water partition coefficient (Wildman–Crippen LogP) is 1.98. The largest absolute Gasteiger partial charge is 0.481 e. The van der Waals surface area contributed by atoms with Crippen LogP contribution in [0.1, 0.15) is 41.1 Å². The first-order valence-corrected chi connectivity index (χ1v) is 6.09. The van der Waals surface area contributed by atoms with Gasteiger partial charge in [-0.1, -0.05) is 0 Å². The van der Waals surface area contributed by atoms with E-state index in [9.17, 15) is 9.59 Å². The zero-order chi connectivity index (χ0) is 13.3. The summed E-state index contributed by atoms with van der Waals surface area (Å²) >= 11 is 0. The number of nitrogens with zero attached hydrogens (tertiary/aromatic N) is 1. The highest BCUT2D eigenvalue weighted by Crippen LogP contribution is 2.24. The third-order valence-electron chi connectivity index (χ3n) is 3.28. The molecule has 5 heteroatoms. The summed E-state index contributed by atoms with van der Waals surface area (Å²) in [7, 11) is 0. The Morgan fingerprint density at radius 2 is 2.22 bits per heavy atom. The molecule has 1 aromatic rings. The molecular formula is C13H17NO4. The number of aryl methyl sites for hydroxylation is 2. The summed E-state index contributed by atoms with van der Waals surface area (Å²) in [6, 6.07) is 1.61. The van der Waals surface area contributed by atoms with Gasteiger partial charge in [-0.05, 0) is 32.8 Å². The van der Waals surface area contributed by atoms with Gasteiger partial charge in [-0.2, -0.15) is 0 Å². The van der Waals surface area contributed by atoms with E-state index in [-0.39, 0.29) is 18.4 Å². The van der Waals surface area contributed by atoms with E-state index in [1.807, 2.05) is 13.0 Å². The molecule has 1 amide bonds. The van der Waals surface area contributed by atoms with Crippen molar-refractivity contribution in [2.24, 2.45) is 0 Å². The van der Waals surface area contributed by atoms with Gasteiger partial charge in [-0.3, -0.25) is 9.59 Å². The van der Waals surface area contributed by atoms with Crippen molar-refractivity contribution in [1.29, 1.82) is 0 Å². The fraction of sp³-hybridized carbons (Fsp3) is 0.538. The van der Waals surface area contributed by atoms with Crippen LogP contribution in [0.3, 0.4) is 0 Å². The van der Waals surface area contributed by atoms with Gasteiger partial charge in [-0.25, -0.2) is 0 Å². The first kappa shape index (κ1) is 12.7. The van der Waals surface area contributed by atoms with Gasteiger partial charge >= 0.3 is 5.97 Å². The van der Waals surface area contributed by atoms with Gasteiger partial charge in [0, 0.05) is 18.2 Å². The minimum absolute atomic E-state index is 0.00444. The second-order valence-electron chi connectivity index (χ2n) is 4.76. The number of carbonyl (C=O) groups excluding carboxylic acids is 1. The van der Waals surface area contributed by atoms with Crippen molar-refractivity contribution in [3.05, 3.63) is 23.2 Å². The molecule has 1 aromatic heterocycles. The van der Waals surface area contributed by atoms with Crippen molar-refractivity contribution in [3.63, 3.8) is 0 Å². The average Bonchev–Trinajstić information content (AvgIpc) is 2.83. The number of amides is 1. The Bertz CT molecular complexity index is 477. The summed E-state index contributed by atoms with van der Waals surface area (Å²) < 4.78 is 5.40. The van der Waals surface area contributed by atoms with Crippen LogP contribution in [-0.4, -0.2) is 34.5 Å². The molecule has 2 heterocycles. The number of hydrogen-bond donors (Lipinski definition) is 1. The average molecular weight is 251 g/mol. The van der Waals surface area contributed by atoms with Crippen molar-refractivity contribution in [1.82, 2.24) is 4.90 Å². The zero-order valence-electron chi connectivity index (χ0n) is 10.6. The van der Waals surface area contributed by atoms with Crippen molar-refractivity contribution in [2.75, 3.05) is 6.54 Å². The summed E-state index contributed by atoms with van der Waals surface area (Å²) in [5.74, 6) is -0.0222. The molecule has 1 aliphatic heterocycles. The molecule has 0 aliphatic carbocycles. The van der Waals surface area contributed by atoms with Gasteiger partial charge < -0.3 is 14.4 Å². The van der Waals surface area contributed by atoms with Crippen LogP contribution in [0.5, 0.6) is 0 Å². The molecule has 0 bridgehead atoms. The van der Waals surface area contributed by atoms with E-state index in [0.717, 1.165) is 18.4 Å². The molecule has 0 spiro atoms. The maximum absolute atomic E-state index is 12.3. The molecule has 1 atom stereocenters. The molecule has 0 radical (unpaired) electrons. The van der Waals surface area contributed by atoms with Crippen molar-refractivity contribution in [3.8, 4) is 0 Å². The van der Waals surface area contributed by atoms with Gasteiger partial charge in [0.2, 0.25) is 0 Å². The monoisotopic (exact) mass is 251 g/mol. The van der Waals surface area contributed by atoms with Crippen LogP contribution in [0.15, 0.2) is 10.5 Å². The fourth-order valence-electron chi connectivity index (χ4n) is 2.50. The molecule has 0 saturated carbocycles. The highest BCUT2D eigenvalue weighted by Gasteiger charge is 2.33. The Morgan fingerprint density at radius 3 is 2.78 bits per heavy atom. The highest BCUT2D eigenvalue weighted by molar-refractivity contribution is 5.93. The maximum Gasteiger partial charge on any atom is 0.305 e. The number of hydrogen-bond acceptors (Lipinski definition) is 3. The topological polar surface area (TPSA) is 70.8 Å². The number of aliphatic carboxylic acids is 1. The Hall–Kier alpha value is -1.78. The summed E-state index contributed by atoms with van der Waals surface area (Å²) in [5, 5.41) is 8.84. The number of carboxylic acids is 1. The molecule has 1 aliphatic rings. The molecule has 1 saturated heterocycles. The molecule has 98 valence electrons. The van der Waals surface area contributed by atoms with E-state index in [1.165, 1.54) is 0 Å². The van der Waals surface area contributed by atoms with Crippen LogP contribution in [0.2, 0.25) is 0 Å². The summed E-state index contributed by atoms with van der Waals surface area (Å²) in [5.41, 5.74) is 0.804. The number of carboxylic acid groups (broad SMARTS) is 1. The van der Waals surface area contributed by atoms with Gasteiger partial charge in [0.05, 0.1) is 6.42 Å². The van der Waals surface area contributed by atoms with Crippen molar-refractivity contribution < 1.29 is 19.1 Å². The lowest BCUT2D eigenvalue weighted by Gasteiger charge is -2.22. The normalized spacial score (nSPS) is 19.2. The number of likely N-dealkylation sites (tertiary alicyclic amines) is 1. The first-order valence-electron chi connectivity index (χ1n) is 6.09. The Balaban J connectivity index is 2.17. The Morgan fingerprint density at radius 1 is 1.50 bits per heavy atom. The van der Waals surface area contributed by atoms with E-state index >= 15 is 0 Å². The summed E-state index contributed by atoms with van der Waals surface area (Å²) in [6.07, 6.45) is 1.60. The lowest BCUT2D eigenvalue weighted by Crippen LogP contribution is -2.36. The van der Waals surface area contributed by atoms with Crippen molar-refractivity contribution >= 4 is 11.9 Å². The van der Waals surface area contributed by atoms with Gasteiger partial charge in [0.15, 0.2) is 5.76 Å². The third-order valence-corrected chi connectivity index (χ3v) is 3.28. The van der Waals surface area contributed by atoms with E-state index < -0.39 is 5.97 Å². The van der Waals surface area contributed by atoms with Crippen LogP contribution in [0.25, 0.3) is 0 Å². The lowest BCUT2D eigenvalue weighted by atomic mass is 10.1. The minimum atomic E-state index is -0.868. The standard InChI is InChI=1S/C13H17NO4/c1-8-6-9(2)18-12(8)13(17)14-5-3-4-10(14)7-11(15)16/h6,10H,3-5,7H2,1-2H3,(H,15,16). The SMILES string of the molecule is Cc1cc(C)c(C(=O)N2CCCC2CC(=O)O)o1. The maximum atomic E-state index is 12.3. The second kappa shape index (κ2) is 4.84. The zero-order valence-corrected chi connectivity index (χ0v) is 10.6. The fourth-order valence-corrected chi connectivity index (χ4v) is 2.50. The quantitative estimate of drug-likeness (QED) is 0.891. The molecule has 0 aromatic carbocycles. The lowest BCUT2D eigenvalue weighted by molar-refractivity contribution is -0.137. The van der Waals surface area contributed by atoms with E-state index in [4.69, 9.17) is 9.52 Å². The molecule has 5 nitrogen and oxygen atoms in total. The second-order valence-corrected chi connectivity index (χ2v) is 4.76. The molecule has 1 unspecified atom stereocenters. The highest BCUT2D eigenvalue weighted by atomic mass is 16.4. The smallest absolute Gasteiger partial charge is 0.305 e. The van der Waals surface area contributed by atoms with Crippen LogP contribution in [0, 0.1) is 13.8 Å². The first-order chi connectivity index (χ1) is 8.49. The van der Waals surface area contributed by atoms with Crippen LogP contribution < -0.4 is 0 Å². The Labute approximate surface area is 105 Å². The molecule has 1 N–H and O–H groups in total. The molecule has 1 fully saturated rings. The van der Waals surface area contributed by atoms with Crippen LogP contribution in [0.4, 0.5) is 0 Å². The van der Waals surface area contributed by atoms with Crippen LogP contribution >= 0.6 is 0 Å². The molecule has 2 rings (SSSR count). The molecular weight excluding hydrogens is 234 g/mol. The third kappa shape index (κ3) is 2.39. The number of carbonyl (C=O) groups is 2. The van der Waals surface area contributed by atoms with Gasteiger partial charge in [-0.15, -0.1) is 0 Å². The summed E-state index contributed by atoms with van der Waals surface area (Å²) in [4.78, 5) is 24.7. The van der Waals surface area contributed by atoms with E-state index in [0.29, 0.717) is 18.1 Å². The minimum Gasteiger partial charge on any atom is -0.481 e. The summed E-state index contributed by atoms with van der Waals surface area (Å²) in [6.45, 7) is 4.23. The molecule has 18 heavy (non-hydrogen) atoms.